The summed E-state index contributed by atoms with van der Waals surface area (Å²) in [6.07, 6.45) is 0. The predicted octanol–water partition coefficient (Wildman–Crippen LogP) is 3.53. The number of benzene rings is 2. The second kappa shape index (κ2) is 4.82. The Morgan fingerprint density at radius 2 is 1.95 bits per heavy atom. The average Bonchev–Trinajstić information content (AvgIpc) is 2.83. The molecule has 19 heavy (non-hydrogen) atoms. The molecule has 0 bridgehead atoms. The van der Waals surface area contributed by atoms with E-state index < -0.39 is 0 Å². The van der Waals surface area contributed by atoms with Gasteiger partial charge in [0, 0.05) is 5.69 Å². The average molecular weight is 274 g/mol. The van der Waals surface area contributed by atoms with Crippen molar-refractivity contribution in [2.45, 2.75) is 6.54 Å². The molecule has 0 spiro atoms. The number of hydrogen-bond donors (Lipinski definition) is 3. The van der Waals surface area contributed by atoms with Crippen molar-refractivity contribution >= 4 is 28.3 Å². The minimum Gasteiger partial charge on any atom is -0.508 e. The van der Waals surface area contributed by atoms with Gasteiger partial charge in [0.05, 0.1) is 17.1 Å². The van der Waals surface area contributed by atoms with Gasteiger partial charge in [-0.1, -0.05) is 17.7 Å². The molecule has 0 amide bonds. The summed E-state index contributed by atoms with van der Waals surface area (Å²) < 4.78 is 0. The zero-order valence-electron chi connectivity index (χ0n) is 10.0. The number of nitrogens with zero attached hydrogens (tertiary/aromatic N) is 1. The number of anilines is 1. The van der Waals surface area contributed by atoms with E-state index in [1.807, 2.05) is 30.3 Å². The van der Waals surface area contributed by atoms with Gasteiger partial charge in [-0.3, -0.25) is 0 Å². The smallest absolute Gasteiger partial charge is 0.126 e. The van der Waals surface area contributed by atoms with Crippen LogP contribution in [0.1, 0.15) is 5.82 Å². The molecule has 0 radical (unpaired) electrons. The largest absolute Gasteiger partial charge is 0.508 e. The van der Waals surface area contributed by atoms with Gasteiger partial charge in [0.1, 0.15) is 17.1 Å². The van der Waals surface area contributed by atoms with Gasteiger partial charge < -0.3 is 15.4 Å². The monoisotopic (exact) mass is 273 g/mol. The fourth-order valence-electron chi connectivity index (χ4n) is 1.90. The molecule has 96 valence electrons. The van der Waals surface area contributed by atoms with Gasteiger partial charge in [-0.2, -0.15) is 0 Å². The number of para-hydroxylation sites is 1. The van der Waals surface area contributed by atoms with Crippen LogP contribution in [0.25, 0.3) is 11.0 Å². The summed E-state index contributed by atoms with van der Waals surface area (Å²) in [4.78, 5) is 7.66. The number of hydrogen-bond acceptors (Lipinski definition) is 3. The normalized spacial score (nSPS) is 10.8. The van der Waals surface area contributed by atoms with E-state index in [2.05, 4.69) is 15.3 Å². The summed E-state index contributed by atoms with van der Waals surface area (Å²) >= 11 is 6.07. The zero-order valence-corrected chi connectivity index (χ0v) is 10.8. The van der Waals surface area contributed by atoms with Crippen LogP contribution in [0.15, 0.2) is 42.5 Å². The van der Waals surface area contributed by atoms with Gasteiger partial charge in [0.15, 0.2) is 0 Å². The maximum Gasteiger partial charge on any atom is 0.126 e. The maximum atomic E-state index is 9.21. The standard InChI is InChI=1S/C14H12ClN3O/c15-11-2-1-3-12-14(11)18-13(17-12)8-16-9-4-6-10(19)7-5-9/h1-7,16,19H,8H2,(H,17,18). The highest BCUT2D eigenvalue weighted by Crippen LogP contribution is 2.21. The Labute approximate surface area is 115 Å². The van der Waals surface area contributed by atoms with Gasteiger partial charge >= 0.3 is 0 Å². The van der Waals surface area contributed by atoms with Crippen LogP contribution in [0.5, 0.6) is 5.75 Å². The van der Waals surface area contributed by atoms with E-state index in [9.17, 15) is 5.11 Å². The molecule has 0 aliphatic rings. The summed E-state index contributed by atoms with van der Waals surface area (Å²) in [5.74, 6) is 1.07. The molecule has 0 saturated heterocycles. The number of phenols is 1. The second-order valence-electron chi connectivity index (χ2n) is 4.22. The molecular weight excluding hydrogens is 262 g/mol. The highest BCUT2D eigenvalue weighted by atomic mass is 35.5. The molecule has 0 aliphatic heterocycles. The fourth-order valence-corrected chi connectivity index (χ4v) is 2.11. The molecule has 1 aromatic heterocycles. The Hall–Kier alpha value is -2.20. The SMILES string of the molecule is Oc1ccc(NCc2nc3c(Cl)cccc3[nH]2)cc1. The van der Waals surface area contributed by atoms with Crippen LogP contribution < -0.4 is 5.32 Å². The third-order valence-corrected chi connectivity index (χ3v) is 3.14. The molecule has 3 aromatic rings. The summed E-state index contributed by atoms with van der Waals surface area (Å²) in [6.45, 7) is 0.565. The number of rotatable bonds is 3. The number of aromatic hydroxyl groups is 1. The van der Waals surface area contributed by atoms with E-state index in [0.29, 0.717) is 11.6 Å². The van der Waals surface area contributed by atoms with Crippen molar-refractivity contribution in [1.29, 1.82) is 0 Å². The Morgan fingerprint density at radius 1 is 1.16 bits per heavy atom. The maximum absolute atomic E-state index is 9.21. The first kappa shape index (κ1) is 11.9. The zero-order chi connectivity index (χ0) is 13.2. The number of halogens is 1. The second-order valence-corrected chi connectivity index (χ2v) is 4.63. The van der Waals surface area contributed by atoms with Crippen molar-refractivity contribution in [3.8, 4) is 5.75 Å². The van der Waals surface area contributed by atoms with Crippen LogP contribution in [0.3, 0.4) is 0 Å². The summed E-state index contributed by atoms with van der Waals surface area (Å²) in [5.41, 5.74) is 2.63. The lowest BCUT2D eigenvalue weighted by molar-refractivity contribution is 0.475. The Bertz CT molecular complexity index is 706. The van der Waals surface area contributed by atoms with Crippen molar-refractivity contribution in [2.24, 2.45) is 0 Å². The van der Waals surface area contributed by atoms with E-state index in [4.69, 9.17) is 11.6 Å². The van der Waals surface area contributed by atoms with Gasteiger partial charge in [-0.05, 0) is 36.4 Å². The first-order valence-corrected chi connectivity index (χ1v) is 6.26. The van der Waals surface area contributed by atoms with Gasteiger partial charge in [-0.15, -0.1) is 0 Å². The van der Waals surface area contributed by atoms with E-state index in [0.717, 1.165) is 22.5 Å². The third kappa shape index (κ3) is 2.48. The first-order chi connectivity index (χ1) is 9.22. The lowest BCUT2D eigenvalue weighted by Gasteiger charge is -2.03. The Morgan fingerprint density at radius 3 is 2.68 bits per heavy atom. The lowest BCUT2D eigenvalue weighted by Crippen LogP contribution is -2.00. The number of nitrogens with one attached hydrogen (secondary N) is 2. The molecule has 0 unspecified atom stereocenters. The first-order valence-electron chi connectivity index (χ1n) is 5.88. The number of imidazole rings is 1. The lowest BCUT2D eigenvalue weighted by atomic mass is 10.3. The van der Waals surface area contributed by atoms with Crippen molar-refractivity contribution in [3.63, 3.8) is 0 Å². The minimum atomic E-state index is 0.251. The summed E-state index contributed by atoms with van der Waals surface area (Å²) in [5, 5.41) is 13.1. The van der Waals surface area contributed by atoms with Crippen LogP contribution in [-0.4, -0.2) is 15.1 Å². The quantitative estimate of drug-likeness (QED) is 0.640. The molecule has 2 aromatic carbocycles. The molecule has 4 nitrogen and oxygen atoms in total. The molecule has 1 heterocycles. The summed E-state index contributed by atoms with van der Waals surface area (Å²) in [7, 11) is 0. The van der Waals surface area contributed by atoms with Crippen LogP contribution >= 0.6 is 11.6 Å². The van der Waals surface area contributed by atoms with Crippen molar-refractivity contribution < 1.29 is 5.11 Å². The van der Waals surface area contributed by atoms with Crippen LogP contribution in [0, 0.1) is 0 Å². The molecule has 0 fully saturated rings. The fraction of sp³-hybridized carbons (Fsp3) is 0.0714. The van der Waals surface area contributed by atoms with Crippen molar-refractivity contribution in [3.05, 3.63) is 53.3 Å². The highest BCUT2D eigenvalue weighted by Gasteiger charge is 2.05. The van der Waals surface area contributed by atoms with Crippen molar-refractivity contribution in [2.75, 3.05) is 5.32 Å². The van der Waals surface area contributed by atoms with E-state index in [1.54, 1.807) is 12.1 Å². The topological polar surface area (TPSA) is 60.9 Å². The van der Waals surface area contributed by atoms with E-state index in [1.165, 1.54) is 0 Å². The number of fused-ring (bicyclic) bond motifs is 1. The third-order valence-electron chi connectivity index (χ3n) is 2.84. The predicted molar refractivity (Wildman–Crippen MR) is 76.5 cm³/mol. The molecule has 3 rings (SSSR count). The van der Waals surface area contributed by atoms with Gasteiger partial charge in [-0.25, -0.2) is 4.98 Å². The van der Waals surface area contributed by atoms with E-state index in [-0.39, 0.29) is 5.75 Å². The number of phenolic OH excluding ortho intramolecular Hbond substituents is 1. The molecule has 3 N–H and O–H groups in total. The Balaban J connectivity index is 1.78. The molecular formula is C14H12ClN3O. The molecule has 5 heteroatoms. The molecule has 0 atom stereocenters. The molecule has 0 saturated carbocycles. The van der Waals surface area contributed by atoms with Crippen LogP contribution in [-0.2, 0) is 6.54 Å². The van der Waals surface area contributed by atoms with Crippen LogP contribution in [0.4, 0.5) is 5.69 Å². The van der Waals surface area contributed by atoms with Crippen LogP contribution in [0.2, 0.25) is 5.02 Å². The number of aromatic amines is 1. The van der Waals surface area contributed by atoms with E-state index >= 15 is 0 Å². The van der Waals surface area contributed by atoms with Gasteiger partial charge in [0.2, 0.25) is 0 Å². The number of H-pyrrole nitrogens is 1. The minimum absolute atomic E-state index is 0.251. The highest BCUT2D eigenvalue weighted by molar-refractivity contribution is 6.34. The summed E-state index contributed by atoms with van der Waals surface area (Å²) in [6, 6.07) is 12.5. The molecule has 0 aliphatic carbocycles. The number of aromatic nitrogens is 2. The Kier molecular flexibility index (Phi) is 3.01. The van der Waals surface area contributed by atoms with Gasteiger partial charge in [0.25, 0.3) is 0 Å². The van der Waals surface area contributed by atoms with Crippen molar-refractivity contribution in [1.82, 2.24) is 9.97 Å².